The van der Waals surface area contributed by atoms with Gasteiger partial charge in [-0.25, -0.2) is 4.79 Å². The number of hydrogen-bond acceptors (Lipinski definition) is 4. The molecule has 0 fully saturated rings. The van der Waals surface area contributed by atoms with Crippen molar-refractivity contribution in [2.75, 3.05) is 23.8 Å². The van der Waals surface area contributed by atoms with E-state index in [-0.39, 0.29) is 5.97 Å². The highest BCUT2D eigenvalue weighted by atomic mass is 35.5. The summed E-state index contributed by atoms with van der Waals surface area (Å²) in [6, 6.07) is 4.75. The van der Waals surface area contributed by atoms with E-state index in [0.29, 0.717) is 22.9 Å². The van der Waals surface area contributed by atoms with E-state index in [2.05, 4.69) is 6.92 Å². The summed E-state index contributed by atoms with van der Waals surface area (Å²) in [4.78, 5) is 11.6. The summed E-state index contributed by atoms with van der Waals surface area (Å²) in [5, 5.41) is 0.376. The number of anilines is 1. The van der Waals surface area contributed by atoms with E-state index in [4.69, 9.17) is 22.1 Å². The van der Waals surface area contributed by atoms with Gasteiger partial charge in [0.1, 0.15) is 0 Å². The summed E-state index contributed by atoms with van der Waals surface area (Å²) in [5.74, 6) is 1.74. The van der Waals surface area contributed by atoms with Gasteiger partial charge in [-0.3, -0.25) is 0 Å². The van der Waals surface area contributed by atoms with Crippen molar-refractivity contribution in [3.8, 4) is 0 Å². The third kappa shape index (κ3) is 4.88. The van der Waals surface area contributed by atoms with Crippen molar-refractivity contribution in [3.63, 3.8) is 0 Å². The first-order chi connectivity index (χ1) is 8.15. The first-order valence-electron chi connectivity index (χ1n) is 5.45. The average molecular weight is 274 g/mol. The number of esters is 1. The molecule has 0 aliphatic carbocycles. The smallest absolute Gasteiger partial charge is 0.338 e. The van der Waals surface area contributed by atoms with Gasteiger partial charge in [0, 0.05) is 0 Å². The van der Waals surface area contributed by atoms with Gasteiger partial charge in [0.15, 0.2) is 0 Å². The van der Waals surface area contributed by atoms with Crippen molar-refractivity contribution in [3.05, 3.63) is 28.8 Å². The predicted molar refractivity (Wildman–Crippen MR) is 73.8 cm³/mol. The Morgan fingerprint density at radius 1 is 1.53 bits per heavy atom. The van der Waals surface area contributed by atoms with Gasteiger partial charge in [-0.2, -0.15) is 11.8 Å². The van der Waals surface area contributed by atoms with Crippen LogP contribution in [0, 0.1) is 0 Å². The quantitative estimate of drug-likeness (QED) is 0.491. The molecule has 0 heterocycles. The number of ether oxygens (including phenoxy) is 1. The first kappa shape index (κ1) is 14.2. The minimum Gasteiger partial charge on any atom is -0.462 e. The molecule has 0 bridgehead atoms. The maximum atomic E-state index is 11.6. The van der Waals surface area contributed by atoms with E-state index in [0.717, 1.165) is 17.9 Å². The largest absolute Gasteiger partial charge is 0.462 e. The van der Waals surface area contributed by atoms with Gasteiger partial charge in [0.25, 0.3) is 0 Å². The molecule has 1 aromatic carbocycles. The van der Waals surface area contributed by atoms with E-state index in [1.165, 1.54) is 6.07 Å². The van der Waals surface area contributed by atoms with Crippen LogP contribution in [0.2, 0.25) is 5.02 Å². The lowest BCUT2D eigenvalue weighted by Crippen LogP contribution is -2.07. The molecule has 94 valence electrons. The van der Waals surface area contributed by atoms with Gasteiger partial charge in [-0.15, -0.1) is 0 Å². The molecule has 0 aromatic heterocycles. The SMILES string of the molecule is CCSCCCOC(=O)c1ccc(N)c(Cl)c1. The van der Waals surface area contributed by atoms with Crippen LogP contribution >= 0.6 is 23.4 Å². The Morgan fingerprint density at radius 2 is 2.29 bits per heavy atom. The number of hydrogen-bond donors (Lipinski definition) is 1. The summed E-state index contributed by atoms with van der Waals surface area (Å²) in [5.41, 5.74) is 6.46. The first-order valence-corrected chi connectivity index (χ1v) is 6.98. The van der Waals surface area contributed by atoms with Crippen molar-refractivity contribution in [2.45, 2.75) is 13.3 Å². The molecule has 1 aromatic rings. The molecular formula is C12H16ClNO2S. The summed E-state index contributed by atoms with van der Waals surface area (Å²) in [7, 11) is 0. The average Bonchev–Trinajstić information content (AvgIpc) is 2.32. The monoisotopic (exact) mass is 273 g/mol. The van der Waals surface area contributed by atoms with Crippen LogP contribution in [-0.4, -0.2) is 24.1 Å². The van der Waals surface area contributed by atoms with Crippen LogP contribution in [0.4, 0.5) is 5.69 Å². The van der Waals surface area contributed by atoms with Crippen molar-refractivity contribution < 1.29 is 9.53 Å². The van der Waals surface area contributed by atoms with Crippen LogP contribution in [0.25, 0.3) is 0 Å². The van der Waals surface area contributed by atoms with E-state index >= 15 is 0 Å². The molecule has 3 nitrogen and oxygen atoms in total. The lowest BCUT2D eigenvalue weighted by molar-refractivity contribution is 0.0506. The van der Waals surface area contributed by atoms with Crippen LogP contribution in [0.3, 0.4) is 0 Å². The zero-order valence-corrected chi connectivity index (χ0v) is 11.3. The number of nitrogens with two attached hydrogens (primary N) is 1. The second kappa shape index (κ2) is 7.45. The third-order valence-electron chi connectivity index (χ3n) is 2.11. The molecule has 0 amide bonds. The Labute approximate surface area is 111 Å². The number of thioether (sulfide) groups is 1. The molecule has 0 radical (unpaired) electrons. The molecule has 0 aliphatic rings. The Morgan fingerprint density at radius 3 is 2.94 bits per heavy atom. The minimum atomic E-state index is -0.353. The van der Waals surface area contributed by atoms with Crippen LogP contribution < -0.4 is 5.73 Å². The minimum absolute atomic E-state index is 0.353. The van der Waals surface area contributed by atoms with E-state index < -0.39 is 0 Å². The van der Waals surface area contributed by atoms with Crippen LogP contribution in [0.15, 0.2) is 18.2 Å². The molecule has 0 saturated heterocycles. The fraction of sp³-hybridized carbons (Fsp3) is 0.417. The molecule has 0 aliphatic heterocycles. The van der Waals surface area contributed by atoms with Crippen LogP contribution in [0.1, 0.15) is 23.7 Å². The lowest BCUT2D eigenvalue weighted by atomic mass is 10.2. The summed E-state index contributed by atoms with van der Waals surface area (Å²) in [6.07, 6.45) is 0.868. The highest BCUT2D eigenvalue weighted by molar-refractivity contribution is 7.99. The predicted octanol–water partition coefficient (Wildman–Crippen LogP) is 3.22. The van der Waals surface area contributed by atoms with E-state index in [9.17, 15) is 4.79 Å². The maximum Gasteiger partial charge on any atom is 0.338 e. The number of halogens is 1. The zero-order chi connectivity index (χ0) is 12.7. The normalized spacial score (nSPS) is 10.2. The Balaban J connectivity index is 2.39. The standard InChI is InChI=1S/C12H16ClNO2S/c1-2-17-7-3-6-16-12(15)9-4-5-11(14)10(13)8-9/h4-5,8H,2-3,6-7,14H2,1H3. The van der Waals surface area contributed by atoms with E-state index in [1.807, 2.05) is 11.8 Å². The number of carbonyl (C=O) groups is 1. The van der Waals surface area contributed by atoms with Crippen molar-refractivity contribution in [1.29, 1.82) is 0 Å². The van der Waals surface area contributed by atoms with Gasteiger partial charge in [0.2, 0.25) is 0 Å². The van der Waals surface area contributed by atoms with Crippen molar-refractivity contribution in [2.24, 2.45) is 0 Å². The highest BCUT2D eigenvalue weighted by Gasteiger charge is 2.08. The van der Waals surface area contributed by atoms with Gasteiger partial charge in [-0.05, 0) is 36.1 Å². The molecule has 17 heavy (non-hydrogen) atoms. The maximum absolute atomic E-state index is 11.6. The van der Waals surface area contributed by atoms with Gasteiger partial charge < -0.3 is 10.5 Å². The van der Waals surface area contributed by atoms with Crippen LogP contribution in [0.5, 0.6) is 0 Å². The number of carbonyl (C=O) groups excluding carboxylic acids is 1. The van der Waals surface area contributed by atoms with Gasteiger partial charge >= 0.3 is 5.97 Å². The van der Waals surface area contributed by atoms with Gasteiger partial charge in [-0.1, -0.05) is 18.5 Å². The molecule has 1 rings (SSSR count). The second-order valence-electron chi connectivity index (χ2n) is 3.42. The van der Waals surface area contributed by atoms with Crippen molar-refractivity contribution >= 4 is 35.0 Å². The summed E-state index contributed by atoms with van der Waals surface area (Å²) >= 11 is 7.66. The highest BCUT2D eigenvalue weighted by Crippen LogP contribution is 2.20. The molecule has 0 saturated carbocycles. The number of benzene rings is 1. The Kier molecular flexibility index (Phi) is 6.22. The fourth-order valence-electron chi connectivity index (χ4n) is 1.21. The number of nitrogen functional groups attached to an aromatic ring is 1. The summed E-state index contributed by atoms with van der Waals surface area (Å²) < 4.78 is 5.12. The lowest BCUT2D eigenvalue weighted by Gasteiger charge is -2.05. The number of rotatable bonds is 6. The molecule has 0 spiro atoms. The topological polar surface area (TPSA) is 52.3 Å². The summed E-state index contributed by atoms with van der Waals surface area (Å²) in [6.45, 7) is 2.54. The fourth-order valence-corrected chi connectivity index (χ4v) is 2.00. The zero-order valence-electron chi connectivity index (χ0n) is 9.74. The van der Waals surface area contributed by atoms with Gasteiger partial charge in [0.05, 0.1) is 22.9 Å². The Bertz CT molecular complexity index is 385. The molecule has 0 atom stereocenters. The van der Waals surface area contributed by atoms with E-state index in [1.54, 1.807) is 12.1 Å². The second-order valence-corrected chi connectivity index (χ2v) is 5.22. The van der Waals surface area contributed by atoms with Crippen molar-refractivity contribution in [1.82, 2.24) is 0 Å². The molecule has 5 heteroatoms. The molecular weight excluding hydrogens is 258 g/mol. The van der Waals surface area contributed by atoms with Crippen LogP contribution in [-0.2, 0) is 4.74 Å². The molecule has 0 unspecified atom stereocenters. The molecule has 2 N–H and O–H groups in total. The Hall–Kier alpha value is -0.870. The third-order valence-corrected chi connectivity index (χ3v) is 3.42.